The number of carbonyl (C=O) groups is 2. The topological polar surface area (TPSA) is 156 Å². The van der Waals surface area contributed by atoms with Gasteiger partial charge in [0.05, 0.1) is 44.7 Å². The summed E-state index contributed by atoms with van der Waals surface area (Å²) in [5.74, 6) is 0.600. The summed E-state index contributed by atoms with van der Waals surface area (Å²) < 4.78 is 49.9. The maximum Gasteiger partial charge on any atom is 0.234 e. The number of rotatable bonds is 13. The lowest BCUT2D eigenvalue weighted by Crippen LogP contribution is -2.52. The van der Waals surface area contributed by atoms with Crippen molar-refractivity contribution in [3.8, 4) is 27.6 Å². The van der Waals surface area contributed by atoms with Crippen molar-refractivity contribution in [1.29, 1.82) is 0 Å². The van der Waals surface area contributed by atoms with Gasteiger partial charge in [-0.2, -0.15) is 0 Å². The zero-order chi connectivity index (χ0) is 42.9. The molecule has 4 heterocycles. The van der Waals surface area contributed by atoms with Gasteiger partial charge in [0.1, 0.15) is 5.75 Å². The molecule has 12 nitrogen and oxygen atoms in total. The predicted octanol–water partition coefficient (Wildman–Crippen LogP) is 8.67. The second-order valence-corrected chi connectivity index (χ2v) is 21.5. The Labute approximate surface area is 363 Å². The first-order valence-electron chi connectivity index (χ1n) is 21.9. The smallest absolute Gasteiger partial charge is 0.234 e. The van der Waals surface area contributed by atoms with E-state index in [4.69, 9.17) is 14.7 Å². The number of likely N-dealkylation sites (tertiary alicyclic amines) is 1. The van der Waals surface area contributed by atoms with Crippen molar-refractivity contribution in [1.82, 2.24) is 25.2 Å². The number of carbonyl (C=O) groups excluding carboxylic acids is 2. The minimum atomic E-state index is -3.69. The van der Waals surface area contributed by atoms with E-state index in [0.717, 1.165) is 74.5 Å². The molecule has 2 saturated carbocycles. The second-order valence-electron chi connectivity index (χ2n) is 18.7. The summed E-state index contributed by atoms with van der Waals surface area (Å²) in [5.41, 5.74) is 2.16. The number of hydrogen-bond donors (Lipinski definition) is 3. The van der Waals surface area contributed by atoms with Crippen LogP contribution in [0.15, 0.2) is 54.7 Å². The normalized spacial score (nSPS) is 22.4. The number of halogens is 1. The molecule has 2 aromatic heterocycles. The molecule has 8 rings (SSSR count). The Bertz CT molecular complexity index is 2320. The van der Waals surface area contributed by atoms with Crippen molar-refractivity contribution in [2.24, 2.45) is 11.3 Å². The molecule has 326 valence electrons. The summed E-state index contributed by atoms with van der Waals surface area (Å²) in [6, 6.07) is 14.6. The highest BCUT2D eigenvalue weighted by Gasteiger charge is 2.46. The molecule has 15 heteroatoms. The van der Waals surface area contributed by atoms with Gasteiger partial charge in [0.15, 0.2) is 5.82 Å². The number of amides is 2. The van der Waals surface area contributed by atoms with Crippen molar-refractivity contribution in [2.45, 2.75) is 122 Å². The first-order valence-corrected chi connectivity index (χ1v) is 24.4. The molecule has 0 unspecified atom stereocenters. The number of anilines is 2. The molecule has 2 amide bonds. The number of benzene rings is 2. The van der Waals surface area contributed by atoms with E-state index in [-0.39, 0.29) is 52.3 Å². The fraction of sp³-hybridized carbons (Fsp3) is 0.543. The lowest BCUT2D eigenvalue weighted by Gasteiger charge is -2.52. The number of nitrogens with zero attached hydrogens (tertiary/aromatic N) is 4. The van der Waals surface area contributed by atoms with E-state index in [9.17, 15) is 18.0 Å². The van der Waals surface area contributed by atoms with Crippen LogP contribution in [0, 0.1) is 17.2 Å². The van der Waals surface area contributed by atoms with E-state index in [0.29, 0.717) is 52.8 Å². The molecule has 2 aliphatic heterocycles. The zero-order valence-corrected chi connectivity index (χ0v) is 37.3. The fourth-order valence-electron chi connectivity index (χ4n) is 9.50. The van der Waals surface area contributed by atoms with Crippen LogP contribution in [0.3, 0.4) is 0 Å². The number of sulfonamides is 1. The number of piperidine rings is 2. The van der Waals surface area contributed by atoms with Gasteiger partial charge < -0.3 is 15.0 Å². The Kier molecular flexibility index (Phi) is 12.5. The van der Waals surface area contributed by atoms with E-state index in [1.54, 1.807) is 25.3 Å². The highest BCUT2D eigenvalue weighted by atomic mass is 32.2. The van der Waals surface area contributed by atoms with Crippen LogP contribution < -0.4 is 20.1 Å². The highest BCUT2D eigenvalue weighted by Crippen LogP contribution is 2.50. The van der Waals surface area contributed by atoms with E-state index in [2.05, 4.69) is 46.0 Å². The molecular formula is C46H58FN7O5S2. The summed E-state index contributed by atoms with van der Waals surface area (Å²) in [4.78, 5) is 41.6. The third kappa shape index (κ3) is 10.1. The van der Waals surface area contributed by atoms with Crippen LogP contribution in [-0.4, -0.2) is 77.6 Å². The van der Waals surface area contributed by atoms with Crippen molar-refractivity contribution in [3.05, 3.63) is 71.1 Å². The van der Waals surface area contributed by atoms with E-state index >= 15 is 4.39 Å². The van der Waals surface area contributed by atoms with Gasteiger partial charge in [0, 0.05) is 36.2 Å². The highest BCUT2D eigenvalue weighted by molar-refractivity contribution is 7.92. The number of thiazole rings is 1. The molecule has 4 fully saturated rings. The quantitative estimate of drug-likeness (QED) is 0.111. The average molecular weight is 872 g/mol. The van der Waals surface area contributed by atoms with E-state index < -0.39 is 15.8 Å². The van der Waals surface area contributed by atoms with Crippen LogP contribution in [0.25, 0.3) is 21.8 Å². The summed E-state index contributed by atoms with van der Waals surface area (Å²) in [6.45, 7) is 11.3. The van der Waals surface area contributed by atoms with Gasteiger partial charge in [0.2, 0.25) is 27.8 Å². The largest absolute Gasteiger partial charge is 0.490 e. The molecule has 1 atom stereocenters. The first-order chi connectivity index (χ1) is 29.2. The minimum absolute atomic E-state index is 0.0968. The van der Waals surface area contributed by atoms with Crippen molar-refractivity contribution in [2.75, 3.05) is 35.4 Å². The third-order valence-electron chi connectivity index (χ3n) is 12.9. The first kappa shape index (κ1) is 43.2. The number of aromatic nitrogens is 3. The lowest BCUT2D eigenvalue weighted by atomic mass is 9.60. The fourth-order valence-corrected chi connectivity index (χ4v) is 11.7. The molecule has 4 aliphatic rings. The molecule has 0 radical (unpaired) electrons. The minimum Gasteiger partial charge on any atom is -0.490 e. The molecule has 1 spiro atoms. The predicted molar refractivity (Wildman–Crippen MR) is 238 cm³/mol. The van der Waals surface area contributed by atoms with Crippen LogP contribution in [-0.2, 0) is 25.0 Å². The van der Waals surface area contributed by atoms with Crippen LogP contribution in [0.1, 0.15) is 115 Å². The molecule has 2 aliphatic carbocycles. The van der Waals surface area contributed by atoms with Crippen LogP contribution in [0.4, 0.5) is 16.0 Å². The van der Waals surface area contributed by atoms with Crippen LogP contribution in [0.5, 0.6) is 5.75 Å². The Hall–Kier alpha value is -4.47. The number of ether oxygens (including phenoxy) is 1. The number of hydrogen-bond acceptors (Lipinski definition) is 11. The van der Waals surface area contributed by atoms with Crippen molar-refractivity contribution >= 4 is 44.8 Å². The van der Waals surface area contributed by atoms with E-state index in [1.165, 1.54) is 30.2 Å². The van der Waals surface area contributed by atoms with Gasteiger partial charge in [-0.25, -0.2) is 27.8 Å². The monoisotopic (exact) mass is 871 g/mol. The Morgan fingerprint density at radius 3 is 2.41 bits per heavy atom. The molecule has 4 aromatic rings. The molecule has 0 bridgehead atoms. The summed E-state index contributed by atoms with van der Waals surface area (Å²) in [6.07, 6.45) is 12.2. The third-order valence-corrected chi connectivity index (χ3v) is 15.9. The zero-order valence-electron chi connectivity index (χ0n) is 35.6. The molecule has 3 N–H and O–H groups in total. The number of nitrogens with one attached hydrogen (secondary N) is 3. The lowest BCUT2D eigenvalue weighted by molar-refractivity contribution is -0.134. The maximum absolute atomic E-state index is 16.1. The molecule has 2 aromatic carbocycles. The summed E-state index contributed by atoms with van der Waals surface area (Å²) in [7, 11) is -3.69. The Morgan fingerprint density at radius 1 is 0.984 bits per heavy atom. The Morgan fingerprint density at radius 2 is 1.72 bits per heavy atom. The molecule has 2 saturated heterocycles. The van der Waals surface area contributed by atoms with Gasteiger partial charge in [0.25, 0.3) is 0 Å². The Balaban J connectivity index is 0.820. The van der Waals surface area contributed by atoms with Crippen molar-refractivity contribution < 1.29 is 27.1 Å². The molecule has 61 heavy (non-hydrogen) atoms. The molecular weight excluding hydrogens is 814 g/mol. The van der Waals surface area contributed by atoms with Gasteiger partial charge in [-0.05, 0) is 125 Å². The van der Waals surface area contributed by atoms with E-state index in [1.807, 2.05) is 30.3 Å². The van der Waals surface area contributed by atoms with Crippen LogP contribution >= 0.6 is 11.3 Å². The summed E-state index contributed by atoms with van der Waals surface area (Å²) >= 11 is 1.47. The van der Waals surface area contributed by atoms with Gasteiger partial charge in [-0.15, -0.1) is 11.3 Å². The van der Waals surface area contributed by atoms with Crippen molar-refractivity contribution in [3.63, 3.8) is 0 Å². The van der Waals surface area contributed by atoms with Gasteiger partial charge in [-0.1, -0.05) is 45.9 Å². The standard InChI is InChI=1S/C46H58FN7O5S2/c1-5-25-61(57,58)53-36-8-6-7-35(39(36)47)40-41(60-43(52-40)45(2,3)4)37-19-22-48-44(50-37)49-31-26-46(27-31)20-23-54(24-21-46)28-29-9-13-32(14-10-29)59-33-15-11-30(12-16-33)34-17-18-38(55)51-42(34)56/h6-8,11-12,15-16,19,22,29,31-32,34,53H,5,9-10,13-14,17-18,20-21,23-28H2,1-4H3,(H,48,49,50)(H,51,55,56)/t29?,32?,34-/m0/s1. The van der Waals surface area contributed by atoms with Gasteiger partial charge >= 0.3 is 0 Å². The summed E-state index contributed by atoms with van der Waals surface area (Å²) in [5, 5.41) is 6.86. The second kappa shape index (κ2) is 17.7. The number of imide groups is 1. The maximum atomic E-state index is 16.1. The van der Waals surface area contributed by atoms with Gasteiger partial charge in [-0.3, -0.25) is 19.6 Å². The average Bonchev–Trinajstić information content (AvgIpc) is 3.67. The SMILES string of the molecule is CCCS(=O)(=O)Nc1cccc(-c2nc(C(C)(C)C)sc2-c2ccnc(NC3CC4(CCN(CC5CCC(Oc6ccc([C@@H]7CCC(=O)NC7=O)cc6)CC5)CC4)C3)n2)c1F. The van der Waals surface area contributed by atoms with Crippen LogP contribution in [0.2, 0.25) is 0 Å².